The summed E-state index contributed by atoms with van der Waals surface area (Å²) in [6, 6.07) is 16.4. The van der Waals surface area contributed by atoms with Gasteiger partial charge >= 0.3 is 0 Å². The van der Waals surface area contributed by atoms with Crippen molar-refractivity contribution in [3.63, 3.8) is 0 Å². The Hall–Kier alpha value is -1.80. The zero-order valence-electron chi connectivity index (χ0n) is 11.6. The average molecular weight is 255 g/mol. The van der Waals surface area contributed by atoms with Gasteiger partial charge in [0.25, 0.3) is 0 Å². The predicted octanol–water partition coefficient (Wildman–Crippen LogP) is 3.25. The Kier molecular flexibility index (Phi) is 4.58. The highest BCUT2D eigenvalue weighted by Gasteiger charge is 2.05. The quantitative estimate of drug-likeness (QED) is 0.890. The van der Waals surface area contributed by atoms with Gasteiger partial charge in [-0.2, -0.15) is 0 Å². The molecule has 0 fully saturated rings. The monoisotopic (exact) mass is 255 g/mol. The average Bonchev–Trinajstić information content (AvgIpc) is 2.41. The minimum Gasteiger partial charge on any atom is -0.492 e. The summed E-state index contributed by atoms with van der Waals surface area (Å²) in [6.07, 6.45) is 0.839. The third-order valence-corrected chi connectivity index (χ3v) is 3.28. The van der Waals surface area contributed by atoms with Crippen LogP contribution in [0.25, 0.3) is 0 Å². The first-order valence-corrected chi connectivity index (χ1v) is 6.64. The van der Waals surface area contributed by atoms with Gasteiger partial charge in [-0.05, 0) is 49.1 Å². The third-order valence-electron chi connectivity index (χ3n) is 3.28. The van der Waals surface area contributed by atoms with Crippen LogP contribution in [0, 0.1) is 13.8 Å². The summed E-state index contributed by atoms with van der Waals surface area (Å²) in [5, 5.41) is 0. The van der Waals surface area contributed by atoms with Gasteiger partial charge in [0.05, 0.1) is 0 Å². The first-order valence-electron chi connectivity index (χ1n) is 6.64. The van der Waals surface area contributed by atoms with Crippen molar-refractivity contribution < 1.29 is 4.74 Å². The first-order chi connectivity index (χ1) is 9.15. The lowest BCUT2D eigenvalue weighted by Crippen LogP contribution is -2.30. The molecule has 2 nitrogen and oxygen atoms in total. The Bertz CT molecular complexity index is 522. The van der Waals surface area contributed by atoms with E-state index in [1.165, 1.54) is 16.7 Å². The van der Waals surface area contributed by atoms with E-state index in [0.29, 0.717) is 6.61 Å². The molecule has 2 aromatic rings. The lowest BCUT2D eigenvalue weighted by molar-refractivity contribution is 0.287. The molecule has 2 N–H and O–H groups in total. The summed E-state index contributed by atoms with van der Waals surface area (Å²) in [4.78, 5) is 0. The molecule has 2 aromatic carbocycles. The van der Waals surface area contributed by atoms with Gasteiger partial charge in [-0.3, -0.25) is 0 Å². The topological polar surface area (TPSA) is 35.2 Å². The molecule has 19 heavy (non-hydrogen) atoms. The summed E-state index contributed by atoms with van der Waals surface area (Å²) in [5.74, 6) is 0.895. The number of benzene rings is 2. The maximum Gasteiger partial charge on any atom is 0.119 e. The van der Waals surface area contributed by atoms with Gasteiger partial charge in [0, 0.05) is 6.04 Å². The molecule has 0 aliphatic heterocycles. The van der Waals surface area contributed by atoms with E-state index >= 15 is 0 Å². The second kappa shape index (κ2) is 6.39. The molecular weight excluding hydrogens is 234 g/mol. The number of nitrogens with two attached hydrogens (primary N) is 1. The number of ether oxygens (including phenoxy) is 1. The summed E-state index contributed by atoms with van der Waals surface area (Å²) in [7, 11) is 0. The van der Waals surface area contributed by atoms with E-state index in [4.69, 9.17) is 10.5 Å². The lowest BCUT2D eigenvalue weighted by atomic mass is 10.1. The molecule has 0 saturated carbocycles. The minimum absolute atomic E-state index is 0.0176. The van der Waals surface area contributed by atoms with Gasteiger partial charge in [0.1, 0.15) is 12.4 Å². The molecule has 0 aromatic heterocycles. The second-order valence-corrected chi connectivity index (χ2v) is 5.01. The van der Waals surface area contributed by atoms with Crippen molar-refractivity contribution in [2.75, 3.05) is 6.61 Å². The molecule has 0 bridgehead atoms. The molecule has 0 aliphatic carbocycles. The number of aryl methyl sites for hydroxylation is 2. The Morgan fingerprint density at radius 1 is 1.00 bits per heavy atom. The van der Waals surface area contributed by atoms with E-state index in [1.54, 1.807) is 0 Å². The zero-order valence-corrected chi connectivity index (χ0v) is 11.6. The van der Waals surface area contributed by atoms with E-state index < -0.39 is 0 Å². The minimum atomic E-state index is 0.0176. The summed E-state index contributed by atoms with van der Waals surface area (Å²) >= 11 is 0. The predicted molar refractivity (Wildman–Crippen MR) is 79.5 cm³/mol. The van der Waals surface area contributed by atoms with Crippen LogP contribution in [0.1, 0.15) is 16.7 Å². The van der Waals surface area contributed by atoms with Crippen LogP contribution in [-0.2, 0) is 6.42 Å². The lowest BCUT2D eigenvalue weighted by Gasteiger charge is -2.14. The smallest absolute Gasteiger partial charge is 0.119 e. The summed E-state index contributed by atoms with van der Waals surface area (Å²) < 4.78 is 5.75. The maximum atomic E-state index is 6.10. The number of hydrogen-bond donors (Lipinski definition) is 1. The molecule has 1 unspecified atom stereocenters. The van der Waals surface area contributed by atoms with Gasteiger partial charge in [-0.15, -0.1) is 0 Å². The molecule has 0 heterocycles. The Morgan fingerprint density at radius 2 is 1.74 bits per heavy atom. The van der Waals surface area contributed by atoms with Gasteiger partial charge in [-0.1, -0.05) is 36.4 Å². The van der Waals surface area contributed by atoms with Gasteiger partial charge in [0.2, 0.25) is 0 Å². The van der Waals surface area contributed by atoms with E-state index in [1.807, 2.05) is 24.3 Å². The molecule has 1 atom stereocenters. The normalized spacial score (nSPS) is 12.2. The molecule has 0 radical (unpaired) electrons. The van der Waals surface area contributed by atoms with Crippen LogP contribution in [0.3, 0.4) is 0 Å². The van der Waals surface area contributed by atoms with Gasteiger partial charge in [-0.25, -0.2) is 0 Å². The number of hydrogen-bond acceptors (Lipinski definition) is 2. The Morgan fingerprint density at radius 3 is 2.42 bits per heavy atom. The van der Waals surface area contributed by atoms with Crippen molar-refractivity contribution in [2.24, 2.45) is 5.73 Å². The highest BCUT2D eigenvalue weighted by Crippen LogP contribution is 2.16. The summed E-state index contributed by atoms with van der Waals surface area (Å²) in [5.41, 5.74) is 9.87. The molecule has 0 amide bonds. The molecule has 0 saturated heterocycles. The van der Waals surface area contributed by atoms with Crippen molar-refractivity contribution in [1.29, 1.82) is 0 Å². The van der Waals surface area contributed by atoms with Crippen LogP contribution in [0.2, 0.25) is 0 Å². The van der Waals surface area contributed by atoms with Crippen LogP contribution < -0.4 is 10.5 Å². The largest absolute Gasteiger partial charge is 0.492 e. The van der Waals surface area contributed by atoms with Crippen LogP contribution in [0.5, 0.6) is 5.75 Å². The van der Waals surface area contributed by atoms with Crippen molar-refractivity contribution >= 4 is 0 Å². The fourth-order valence-corrected chi connectivity index (χ4v) is 1.98. The Labute approximate surface area is 115 Å². The fourth-order valence-electron chi connectivity index (χ4n) is 1.98. The van der Waals surface area contributed by atoms with E-state index in [-0.39, 0.29) is 6.04 Å². The highest BCUT2D eigenvalue weighted by molar-refractivity contribution is 5.33. The van der Waals surface area contributed by atoms with Gasteiger partial charge in [0.15, 0.2) is 0 Å². The van der Waals surface area contributed by atoms with Crippen molar-refractivity contribution in [2.45, 2.75) is 26.3 Å². The van der Waals surface area contributed by atoms with Crippen molar-refractivity contribution in [3.8, 4) is 5.75 Å². The van der Waals surface area contributed by atoms with Gasteiger partial charge < -0.3 is 10.5 Å². The van der Waals surface area contributed by atoms with Crippen LogP contribution in [0.15, 0.2) is 48.5 Å². The number of rotatable bonds is 5. The molecule has 0 aliphatic rings. The SMILES string of the molecule is Cc1ccc(OCC(N)Cc2ccccc2)cc1C. The molecule has 2 rings (SSSR count). The standard InChI is InChI=1S/C17H21NO/c1-13-8-9-17(10-14(13)2)19-12-16(18)11-15-6-4-3-5-7-15/h3-10,16H,11-12,18H2,1-2H3. The van der Waals surface area contributed by atoms with Crippen LogP contribution in [0.4, 0.5) is 0 Å². The maximum absolute atomic E-state index is 6.10. The first kappa shape index (κ1) is 13.6. The molecule has 2 heteroatoms. The summed E-state index contributed by atoms with van der Waals surface area (Å²) in [6.45, 7) is 4.73. The third kappa shape index (κ3) is 4.11. The van der Waals surface area contributed by atoms with E-state index in [0.717, 1.165) is 12.2 Å². The molecule has 100 valence electrons. The molecule has 0 spiro atoms. The van der Waals surface area contributed by atoms with E-state index in [9.17, 15) is 0 Å². The van der Waals surface area contributed by atoms with Crippen LogP contribution in [-0.4, -0.2) is 12.6 Å². The molecular formula is C17H21NO. The van der Waals surface area contributed by atoms with Crippen molar-refractivity contribution in [1.82, 2.24) is 0 Å². The van der Waals surface area contributed by atoms with E-state index in [2.05, 4.69) is 38.1 Å². The van der Waals surface area contributed by atoms with Crippen LogP contribution >= 0.6 is 0 Å². The zero-order chi connectivity index (χ0) is 13.7. The Balaban J connectivity index is 1.86. The van der Waals surface area contributed by atoms with Crippen molar-refractivity contribution in [3.05, 3.63) is 65.2 Å². The second-order valence-electron chi connectivity index (χ2n) is 5.01. The fraction of sp³-hybridized carbons (Fsp3) is 0.294. The highest BCUT2D eigenvalue weighted by atomic mass is 16.5.